The molecule has 1 amide bonds. The average Bonchev–Trinajstić information content (AvgIpc) is 2.45. The maximum absolute atomic E-state index is 12.4. The lowest BCUT2D eigenvalue weighted by atomic mass is 10.0. The number of ether oxygens (including phenoxy) is 1. The monoisotopic (exact) mass is 369 g/mol. The molecule has 0 aliphatic carbocycles. The van der Waals surface area contributed by atoms with Gasteiger partial charge >= 0.3 is 6.09 Å². The van der Waals surface area contributed by atoms with E-state index >= 15 is 0 Å². The third-order valence-corrected chi connectivity index (χ3v) is 4.17. The molecule has 0 saturated carbocycles. The Hall–Kier alpha value is -1.30. The number of carbonyl (C=O) groups is 1. The first-order valence-electron chi connectivity index (χ1n) is 7.71. The van der Waals surface area contributed by atoms with Crippen molar-refractivity contribution in [1.29, 1.82) is 0 Å². The number of anilines is 1. The fourth-order valence-electron chi connectivity index (χ4n) is 2.52. The summed E-state index contributed by atoms with van der Waals surface area (Å²) < 4.78 is 6.31. The van der Waals surface area contributed by atoms with Crippen LogP contribution >= 0.6 is 15.9 Å². The van der Waals surface area contributed by atoms with E-state index in [1.54, 1.807) is 6.20 Å². The van der Waals surface area contributed by atoms with Crippen LogP contribution in [0.1, 0.15) is 40.0 Å². The molecule has 1 aliphatic heterocycles. The third-order valence-electron chi connectivity index (χ3n) is 3.54. The second-order valence-corrected chi connectivity index (χ2v) is 7.30. The number of carbonyl (C=O) groups excluding carboxylic acids is 1. The lowest BCUT2D eigenvalue weighted by molar-refractivity contribution is 0.0114. The molecule has 1 unspecified atom stereocenters. The number of halogens is 1. The Bertz CT molecular complexity index is 516. The predicted molar refractivity (Wildman–Crippen MR) is 91.0 cm³/mol. The summed E-state index contributed by atoms with van der Waals surface area (Å²) in [4.78, 5) is 18.4. The topological polar surface area (TPSA) is 54.5 Å². The highest BCUT2D eigenvalue weighted by Crippen LogP contribution is 2.23. The van der Waals surface area contributed by atoms with Crippen LogP contribution in [-0.4, -0.2) is 40.7 Å². The minimum atomic E-state index is -0.459. The smallest absolute Gasteiger partial charge is 0.410 e. The molecule has 0 aromatic carbocycles. The quantitative estimate of drug-likeness (QED) is 0.816. The van der Waals surface area contributed by atoms with Crippen LogP contribution in [0.25, 0.3) is 0 Å². The van der Waals surface area contributed by atoms with Crippen molar-refractivity contribution in [2.24, 2.45) is 0 Å². The number of amides is 1. The van der Waals surface area contributed by atoms with E-state index in [-0.39, 0.29) is 12.1 Å². The summed E-state index contributed by atoms with van der Waals surface area (Å²) in [5.74, 6) is 0. The van der Waals surface area contributed by atoms with Crippen molar-refractivity contribution < 1.29 is 9.53 Å². The Morgan fingerprint density at radius 1 is 1.50 bits per heavy atom. The van der Waals surface area contributed by atoms with Crippen molar-refractivity contribution in [3.05, 3.63) is 22.9 Å². The second-order valence-electron chi connectivity index (χ2n) is 6.55. The zero-order chi connectivity index (χ0) is 16.2. The van der Waals surface area contributed by atoms with Gasteiger partial charge < -0.3 is 15.0 Å². The van der Waals surface area contributed by atoms with Gasteiger partial charge in [0, 0.05) is 19.3 Å². The summed E-state index contributed by atoms with van der Waals surface area (Å²) in [6, 6.07) is 4.01. The molecule has 1 N–H and O–H groups in total. The molecular formula is C16H24BrN3O2. The van der Waals surface area contributed by atoms with Crippen LogP contribution in [0.4, 0.5) is 10.5 Å². The largest absolute Gasteiger partial charge is 0.444 e. The highest BCUT2D eigenvalue weighted by molar-refractivity contribution is 9.10. The molecule has 0 spiro atoms. The molecular weight excluding hydrogens is 346 g/mol. The fraction of sp³-hybridized carbons (Fsp3) is 0.625. The molecule has 122 valence electrons. The van der Waals surface area contributed by atoms with Crippen LogP contribution in [0.3, 0.4) is 0 Å². The fourth-order valence-corrected chi connectivity index (χ4v) is 2.91. The summed E-state index contributed by atoms with van der Waals surface area (Å²) in [7, 11) is 0. The maximum Gasteiger partial charge on any atom is 0.410 e. The summed E-state index contributed by atoms with van der Waals surface area (Å²) >= 11 is 3.43. The van der Waals surface area contributed by atoms with Crippen molar-refractivity contribution in [3.8, 4) is 0 Å². The van der Waals surface area contributed by atoms with Gasteiger partial charge in [0.2, 0.25) is 0 Å². The molecule has 1 atom stereocenters. The van der Waals surface area contributed by atoms with Crippen LogP contribution < -0.4 is 5.32 Å². The van der Waals surface area contributed by atoms with E-state index in [1.165, 1.54) is 0 Å². The summed E-state index contributed by atoms with van der Waals surface area (Å²) in [6.45, 7) is 7.15. The minimum absolute atomic E-state index is 0.149. The minimum Gasteiger partial charge on any atom is -0.444 e. The molecule has 1 aromatic heterocycles. The number of hydrogen-bond acceptors (Lipinski definition) is 4. The van der Waals surface area contributed by atoms with E-state index in [2.05, 4.69) is 26.2 Å². The van der Waals surface area contributed by atoms with E-state index < -0.39 is 5.60 Å². The van der Waals surface area contributed by atoms with E-state index in [4.69, 9.17) is 4.74 Å². The molecule has 6 heteroatoms. The first-order valence-corrected chi connectivity index (χ1v) is 8.50. The number of nitrogens with one attached hydrogen (secondary N) is 1. The van der Waals surface area contributed by atoms with Crippen LogP contribution in [0.2, 0.25) is 0 Å². The Morgan fingerprint density at radius 3 is 2.95 bits per heavy atom. The predicted octanol–water partition coefficient (Wildman–Crippen LogP) is 4.05. The molecule has 0 radical (unpaired) electrons. The van der Waals surface area contributed by atoms with Crippen molar-refractivity contribution in [2.75, 3.05) is 18.4 Å². The Morgan fingerprint density at radius 2 is 2.27 bits per heavy atom. The molecule has 2 heterocycles. The average molecular weight is 370 g/mol. The highest BCUT2D eigenvalue weighted by Gasteiger charge is 2.30. The molecule has 1 saturated heterocycles. The number of pyridine rings is 1. The van der Waals surface area contributed by atoms with Gasteiger partial charge in [-0.1, -0.05) is 0 Å². The van der Waals surface area contributed by atoms with Gasteiger partial charge in [-0.05, 0) is 68.1 Å². The van der Waals surface area contributed by atoms with Gasteiger partial charge in [-0.15, -0.1) is 0 Å². The molecule has 2 rings (SSSR count). The van der Waals surface area contributed by atoms with Gasteiger partial charge in [-0.3, -0.25) is 0 Å². The molecule has 1 fully saturated rings. The number of rotatable bonds is 3. The van der Waals surface area contributed by atoms with Crippen molar-refractivity contribution in [3.63, 3.8) is 0 Å². The van der Waals surface area contributed by atoms with E-state index in [9.17, 15) is 4.79 Å². The first kappa shape index (κ1) is 17.1. The van der Waals surface area contributed by atoms with Gasteiger partial charge in [0.1, 0.15) is 10.2 Å². The van der Waals surface area contributed by atoms with Gasteiger partial charge in [0.15, 0.2) is 0 Å². The Labute approximate surface area is 140 Å². The maximum atomic E-state index is 12.4. The Balaban J connectivity index is 1.98. The molecule has 5 nitrogen and oxygen atoms in total. The van der Waals surface area contributed by atoms with Crippen LogP contribution in [0, 0.1) is 0 Å². The van der Waals surface area contributed by atoms with Gasteiger partial charge in [0.25, 0.3) is 0 Å². The van der Waals surface area contributed by atoms with Gasteiger partial charge in [-0.2, -0.15) is 0 Å². The molecule has 22 heavy (non-hydrogen) atoms. The van der Waals surface area contributed by atoms with E-state index in [0.717, 1.165) is 36.1 Å². The zero-order valence-corrected chi connectivity index (χ0v) is 15.0. The van der Waals surface area contributed by atoms with Crippen LogP contribution in [-0.2, 0) is 4.74 Å². The number of nitrogens with zero attached hydrogens (tertiary/aromatic N) is 2. The molecule has 0 bridgehead atoms. The number of likely N-dealkylation sites (tertiary alicyclic amines) is 1. The first-order chi connectivity index (χ1) is 10.4. The van der Waals surface area contributed by atoms with E-state index in [0.29, 0.717) is 6.54 Å². The SMILES string of the molecule is CC(C)(C)OC(=O)N1CCCCC1CNc1cccnc1Br. The van der Waals surface area contributed by atoms with Crippen molar-refractivity contribution >= 4 is 27.7 Å². The standard InChI is InChI=1S/C16H24BrN3O2/c1-16(2,3)22-15(21)20-10-5-4-7-12(20)11-19-13-8-6-9-18-14(13)17/h6,8-9,12,19H,4-5,7,10-11H2,1-3H3. The van der Waals surface area contributed by atoms with Crippen LogP contribution in [0.15, 0.2) is 22.9 Å². The van der Waals surface area contributed by atoms with Gasteiger partial charge in [0.05, 0.1) is 11.7 Å². The third kappa shape index (κ3) is 4.87. The van der Waals surface area contributed by atoms with E-state index in [1.807, 2.05) is 37.8 Å². The van der Waals surface area contributed by atoms with Crippen molar-refractivity contribution in [1.82, 2.24) is 9.88 Å². The highest BCUT2D eigenvalue weighted by atomic mass is 79.9. The lowest BCUT2D eigenvalue weighted by Crippen LogP contribution is -2.48. The van der Waals surface area contributed by atoms with Crippen molar-refractivity contribution in [2.45, 2.75) is 51.7 Å². The normalized spacial score (nSPS) is 18.9. The second kappa shape index (κ2) is 7.31. The summed E-state index contributed by atoms with van der Waals surface area (Å²) in [6.07, 6.45) is 4.68. The molecule has 1 aromatic rings. The number of hydrogen-bond donors (Lipinski definition) is 1. The van der Waals surface area contributed by atoms with Gasteiger partial charge in [-0.25, -0.2) is 9.78 Å². The number of piperidine rings is 1. The summed E-state index contributed by atoms with van der Waals surface area (Å²) in [5, 5.41) is 3.37. The summed E-state index contributed by atoms with van der Waals surface area (Å²) in [5.41, 5.74) is 0.482. The van der Waals surface area contributed by atoms with Crippen LogP contribution in [0.5, 0.6) is 0 Å². The Kier molecular flexibility index (Phi) is 5.67. The zero-order valence-electron chi connectivity index (χ0n) is 13.4. The molecule has 1 aliphatic rings. The number of aromatic nitrogens is 1. The lowest BCUT2D eigenvalue weighted by Gasteiger charge is -2.37.